The number of guanidine groups is 1. The number of halogens is 1. The molecule has 0 radical (unpaired) electrons. The number of nitrogens with zero attached hydrogens (tertiary/aromatic N) is 3. The van der Waals surface area contributed by atoms with Crippen molar-refractivity contribution < 1.29 is 0 Å². The summed E-state index contributed by atoms with van der Waals surface area (Å²) in [5.74, 6) is 1.87. The van der Waals surface area contributed by atoms with E-state index in [2.05, 4.69) is 20.7 Å². The Morgan fingerprint density at radius 2 is 2.05 bits per heavy atom. The minimum absolute atomic E-state index is 0. The normalized spacial score (nSPS) is 15.8. The van der Waals surface area contributed by atoms with E-state index in [1.54, 1.807) is 6.20 Å². The molecule has 1 aliphatic rings. The molecule has 120 valence electrons. The molecule has 2 N–H and O–H groups in total. The minimum Gasteiger partial charge on any atom is -0.356 e. The Morgan fingerprint density at radius 3 is 2.71 bits per heavy atom. The third-order valence-corrected chi connectivity index (χ3v) is 3.97. The van der Waals surface area contributed by atoms with E-state index in [4.69, 9.17) is 0 Å². The number of rotatable bonds is 7. The van der Waals surface area contributed by atoms with Crippen molar-refractivity contribution in [1.29, 1.82) is 0 Å². The smallest absolute Gasteiger partial charge is 0.191 e. The molecular weight excluding hydrogens is 377 g/mol. The van der Waals surface area contributed by atoms with Gasteiger partial charge in [0.1, 0.15) is 0 Å². The van der Waals surface area contributed by atoms with E-state index >= 15 is 0 Å². The SMILES string of the molecule is CN=C(NCCCC1CCCC1)NCCn1cccn1.I. The number of nitrogens with one attached hydrogen (secondary N) is 2. The van der Waals surface area contributed by atoms with E-state index in [0.717, 1.165) is 31.5 Å². The Balaban J connectivity index is 0.00000220. The van der Waals surface area contributed by atoms with Gasteiger partial charge in [-0.15, -0.1) is 24.0 Å². The van der Waals surface area contributed by atoms with Gasteiger partial charge in [-0.2, -0.15) is 5.10 Å². The second-order valence-corrected chi connectivity index (χ2v) is 5.49. The van der Waals surface area contributed by atoms with Crippen LogP contribution in [0.15, 0.2) is 23.5 Å². The summed E-state index contributed by atoms with van der Waals surface area (Å²) >= 11 is 0. The van der Waals surface area contributed by atoms with Gasteiger partial charge >= 0.3 is 0 Å². The van der Waals surface area contributed by atoms with Crippen molar-refractivity contribution in [3.63, 3.8) is 0 Å². The maximum absolute atomic E-state index is 4.24. The highest BCUT2D eigenvalue weighted by Gasteiger charge is 2.13. The molecule has 1 aliphatic carbocycles. The maximum Gasteiger partial charge on any atom is 0.191 e. The third kappa shape index (κ3) is 7.15. The molecule has 0 atom stereocenters. The predicted molar refractivity (Wildman–Crippen MR) is 98.2 cm³/mol. The van der Waals surface area contributed by atoms with Crippen molar-refractivity contribution in [3.05, 3.63) is 18.5 Å². The second kappa shape index (κ2) is 10.9. The Kier molecular flexibility index (Phi) is 9.45. The quantitative estimate of drug-likeness (QED) is 0.318. The summed E-state index contributed by atoms with van der Waals surface area (Å²) in [6, 6.07) is 1.94. The highest BCUT2D eigenvalue weighted by Crippen LogP contribution is 2.28. The van der Waals surface area contributed by atoms with Gasteiger partial charge in [0.2, 0.25) is 0 Å². The topological polar surface area (TPSA) is 54.2 Å². The van der Waals surface area contributed by atoms with Crippen LogP contribution < -0.4 is 10.6 Å². The number of hydrogen-bond acceptors (Lipinski definition) is 2. The van der Waals surface area contributed by atoms with Crippen LogP contribution in [0, 0.1) is 5.92 Å². The summed E-state index contributed by atoms with van der Waals surface area (Å²) in [5, 5.41) is 10.9. The molecule has 1 aromatic rings. The van der Waals surface area contributed by atoms with E-state index in [-0.39, 0.29) is 24.0 Å². The van der Waals surface area contributed by atoms with E-state index < -0.39 is 0 Å². The van der Waals surface area contributed by atoms with Crippen LogP contribution in [0.25, 0.3) is 0 Å². The number of aliphatic imine (C=N–C) groups is 1. The lowest BCUT2D eigenvalue weighted by Crippen LogP contribution is -2.39. The molecule has 1 fully saturated rings. The van der Waals surface area contributed by atoms with Crippen molar-refractivity contribution in [3.8, 4) is 0 Å². The Labute approximate surface area is 145 Å². The van der Waals surface area contributed by atoms with Crippen LogP contribution in [0.2, 0.25) is 0 Å². The van der Waals surface area contributed by atoms with Gasteiger partial charge in [-0.25, -0.2) is 0 Å². The summed E-state index contributed by atoms with van der Waals surface area (Å²) < 4.78 is 1.92. The van der Waals surface area contributed by atoms with Gasteiger partial charge in [-0.3, -0.25) is 9.67 Å². The minimum atomic E-state index is 0. The van der Waals surface area contributed by atoms with E-state index in [0.29, 0.717) is 0 Å². The van der Waals surface area contributed by atoms with E-state index in [9.17, 15) is 0 Å². The van der Waals surface area contributed by atoms with Crippen LogP contribution >= 0.6 is 24.0 Å². The lowest BCUT2D eigenvalue weighted by molar-refractivity contribution is 0.481. The predicted octanol–water partition coefficient (Wildman–Crippen LogP) is 2.64. The van der Waals surface area contributed by atoms with Crippen LogP contribution in [-0.2, 0) is 6.54 Å². The molecule has 0 amide bonds. The molecule has 5 nitrogen and oxygen atoms in total. The van der Waals surface area contributed by atoms with Gasteiger partial charge < -0.3 is 10.6 Å². The largest absolute Gasteiger partial charge is 0.356 e. The van der Waals surface area contributed by atoms with Crippen molar-refractivity contribution in [2.75, 3.05) is 20.1 Å². The molecule has 0 unspecified atom stereocenters. The zero-order chi connectivity index (χ0) is 14.0. The number of hydrogen-bond donors (Lipinski definition) is 2. The summed E-state index contributed by atoms with van der Waals surface area (Å²) in [4.78, 5) is 4.24. The van der Waals surface area contributed by atoms with Gasteiger partial charge in [0.05, 0.1) is 6.54 Å². The first-order valence-corrected chi connectivity index (χ1v) is 7.80. The fourth-order valence-electron chi connectivity index (χ4n) is 2.84. The molecule has 0 aromatic carbocycles. The van der Waals surface area contributed by atoms with Gasteiger partial charge in [0.15, 0.2) is 5.96 Å². The molecule has 21 heavy (non-hydrogen) atoms. The molecule has 0 spiro atoms. The van der Waals surface area contributed by atoms with Crippen molar-refractivity contribution >= 4 is 29.9 Å². The fourth-order valence-corrected chi connectivity index (χ4v) is 2.84. The Hall–Kier alpha value is -0.790. The highest BCUT2D eigenvalue weighted by molar-refractivity contribution is 14.0. The molecule has 0 saturated heterocycles. The van der Waals surface area contributed by atoms with Crippen molar-refractivity contribution in [1.82, 2.24) is 20.4 Å². The monoisotopic (exact) mass is 405 g/mol. The first kappa shape index (κ1) is 18.3. The standard InChI is InChI=1S/C15H27N5.HI/c1-16-15(18-11-13-20-12-5-10-19-20)17-9-4-8-14-6-2-3-7-14;/h5,10,12,14H,2-4,6-9,11,13H2,1H3,(H2,16,17,18);1H. The van der Waals surface area contributed by atoms with Gasteiger partial charge in [-0.1, -0.05) is 25.7 Å². The zero-order valence-corrected chi connectivity index (χ0v) is 15.3. The highest BCUT2D eigenvalue weighted by atomic mass is 127. The average molecular weight is 405 g/mol. The first-order chi connectivity index (χ1) is 9.88. The molecule has 1 heterocycles. The van der Waals surface area contributed by atoms with Crippen molar-refractivity contribution in [2.24, 2.45) is 10.9 Å². The maximum atomic E-state index is 4.24. The molecule has 1 saturated carbocycles. The van der Waals surface area contributed by atoms with Gasteiger partial charge in [-0.05, 0) is 24.8 Å². The van der Waals surface area contributed by atoms with Gasteiger partial charge in [0, 0.05) is 32.5 Å². The molecule has 0 bridgehead atoms. The van der Waals surface area contributed by atoms with Crippen LogP contribution in [0.3, 0.4) is 0 Å². The van der Waals surface area contributed by atoms with Crippen LogP contribution in [0.4, 0.5) is 0 Å². The summed E-state index contributed by atoms with van der Waals surface area (Å²) in [5.41, 5.74) is 0. The third-order valence-electron chi connectivity index (χ3n) is 3.97. The number of aromatic nitrogens is 2. The Morgan fingerprint density at radius 1 is 1.29 bits per heavy atom. The van der Waals surface area contributed by atoms with Crippen molar-refractivity contribution in [2.45, 2.75) is 45.1 Å². The lowest BCUT2D eigenvalue weighted by Gasteiger charge is -2.13. The lowest BCUT2D eigenvalue weighted by atomic mass is 10.0. The first-order valence-electron chi connectivity index (χ1n) is 7.80. The molecule has 0 aliphatic heterocycles. The van der Waals surface area contributed by atoms with Crippen LogP contribution in [0.5, 0.6) is 0 Å². The van der Waals surface area contributed by atoms with Gasteiger partial charge in [0.25, 0.3) is 0 Å². The molecule has 6 heteroatoms. The average Bonchev–Trinajstić information content (AvgIpc) is 3.14. The zero-order valence-electron chi connectivity index (χ0n) is 12.9. The van der Waals surface area contributed by atoms with Crippen LogP contribution in [-0.4, -0.2) is 35.9 Å². The van der Waals surface area contributed by atoms with E-state index in [1.165, 1.54) is 38.5 Å². The second-order valence-electron chi connectivity index (χ2n) is 5.49. The van der Waals surface area contributed by atoms with E-state index in [1.807, 2.05) is 24.0 Å². The van der Waals surface area contributed by atoms with Crippen LogP contribution in [0.1, 0.15) is 38.5 Å². The molecular formula is C15H28IN5. The molecule has 2 rings (SSSR count). The summed E-state index contributed by atoms with van der Waals surface area (Å²) in [6.45, 7) is 2.71. The summed E-state index contributed by atoms with van der Waals surface area (Å²) in [7, 11) is 1.82. The summed E-state index contributed by atoms with van der Waals surface area (Å²) in [6.07, 6.45) is 12.1. The molecule has 1 aromatic heterocycles. The Bertz CT molecular complexity index is 385. The fraction of sp³-hybridized carbons (Fsp3) is 0.733.